The van der Waals surface area contributed by atoms with E-state index in [2.05, 4.69) is 18.8 Å². The van der Waals surface area contributed by atoms with E-state index in [4.69, 9.17) is 10.5 Å². The average Bonchev–Trinajstić information content (AvgIpc) is 2.48. The van der Waals surface area contributed by atoms with Gasteiger partial charge in [-0.1, -0.05) is 13.8 Å². The van der Waals surface area contributed by atoms with Crippen LogP contribution in [0.1, 0.15) is 49.2 Å². The molecule has 1 rings (SSSR count). The fourth-order valence-corrected chi connectivity index (χ4v) is 2.44. The highest BCUT2D eigenvalue weighted by Gasteiger charge is 2.24. The molecule has 4 heteroatoms. The third-order valence-corrected chi connectivity index (χ3v) is 3.81. The molecule has 1 aromatic rings. The minimum Gasteiger partial charge on any atom is -0.378 e. The maximum absolute atomic E-state index is 6.12. The molecule has 0 bridgehead atoms. The van der Waals surface area contributed by atoms with Gasteiger partial charge in [0.2, 0.25) is 0 Å². The molecule has 0 aliphatic heterocycles. The summed E-state index contributed by atoms with van der Waals surface area (Å²) in [6, 6.07) is 0. The van der Waals surface area contributed by atoms with Gasteiger partial charge in [0, 0.05) is 23.4 Å². The van der Waals surface area contributed by atoms with Crippen molar-refractivity contribution in [1.82, 2.24) is 4.98 Å². The molecule has 2 N–H and O–H groups in total. The van der Waals surface area contributed by atoms with Crippen molar-refractivity contribution in [2.24, 2.45) is 5.73 Å². The Morgan fingerprint density at radius 3 is 2.47 bits per heavy atom. The molecule has 0 unspecified atom stereocenters. The van der Waals surface area contributed by atoms with Crippen LogP contribution in [0.4, 0.5) is 0 Å². The monoisotopic (exact) mass is 228 g/mol. The van der Waals surface area contributed by atoms with Gasteiger partial charge in [-0.2, -0.15) is 0 Å². The summed E-state index contributed by atoms with van der Waals surface area (Å²) in [7, 11) is 1.68. The smallest absolute Gasteiger partial charge is 0.0958 e. The highest BCUT2D eigenvalue weighted by molar-refractivity contribution is 7.12. The Morgan fingerprint density at radius 2 is 2.07 bits per heavy atom. The van der Waals surface area contributed by atoms with Crippen LogP contribution >= 0.6 is 11.3 Å². The zero-order chi connectivity index (χ0) is 11.6. The Bertz CT molecular complexity index is 326. The molecule has 1 heterocycles. The van der Waals surface area contributed by atoms with E-state index in [1.807, 2.05) is 13.8 Å². The van der Waals surface area contributed by atoms with Crippen molar-refractivity contribution in [3.8, 4) is 0 Å². The first-order valence-electron chi connectivity index (χ1n) is 5.14. The minimum absolute atomic E-state index is 0.335. The first-order valence-corrected chi connectivity index (χ1v) is 5.95. The molecule has 0 atom stereocenters. The van der Waals surface area contributed by atoms with Gasteiger partial charge in [0.05, 0.1) is 17.3 Å². The van der Waals surface area contributed by atoms with Crippen molar-refractivity contribution < 1.29 is 4.74 Å². The Kier molecular flexibility index (Phi) is 3.87. The molecule has 0 aliphatic carbocycles. The third-order valence-electron chi connectivity index (χ3n) is 2.07. The molecular formula is C11H20N2OS. The molecule has 0 spiro atoms. The van der Waals surface area contributed by atoms with E-state index in [-0.39, 0.29) is 5.54 Å². The van der Waals surface area contributed by atoms with E-state index in [0.717, 1.165) is 15.6 Å². The van der Waals surface area contributed by atoms with Gasteiger partial charge >= 0.3 is 0 Å². The predicted molar refractivity (Wildman–Crippen MR) is 64.1 cm³/mol. The van der Waals surface area contributed by atoms with Crippen LogP contribution in [0.5, 0.6) is 0 Å². The standard InChI is InChI=1S/C11H20N2OS/c1-7(2)10-13-8(6-14-5)9(15-10)11(3,4)12/h7H,6,12H2,1-5H3. The van der Waals surface area contributed by atoms with Gasteiger partial charge in [-0.05, 0) is 13.8 Å². The number of aromatic nitrogens is 1. The summed E-state index contributed by atoms with van der Waals surface area (Å²) in [5.74, 6) is 0.446. The number of rotatable bonds is 4. The summed E-state index contributed by atoms with van der Waals surface area (Å²) in [4.78, 5) is 5.71. The number of thiazole rings is 1. The molecule has 15 heavy (non-hydrogen) atoms. The lowest BCUT2D eigenvalue weighted by Gasteiger charge is -2.17. The lowest BCUT2D eigenvalue weighted by atomic mass is 10.0. The van der Waals surface area contributed by atoms with Gasteiger partial charge in [0.15, 0.2) is 0 Å². The number of ether oxygens (including phenoxy) is 1. The van der Waals surface area contributed by atoms with Crippen molar-refractivity contribution in [1.29, 1.82) is 0 Å². The SMILES string of the molecule is COCc1nc(C(C)C)sc1C(C)(C)N. The van der Waals surface area contributed by atoms with Crippen molar-refractivity contribution in [3.63, 3.8) is 0 Å². The molecule has 0 radical (unpaired) electrons. The number of hydrogen-bond donors (Lipinski definition) is 1. The molecule has 0 amide bonds. The van der Waals surface area contributed by atoms with Gasteiger partial charge in [0.1, 0.15) is 0 Å². The summed E-state index contributed by atoms with van der Waals surface area (Å²) in [5, 5.41) is 1.13. The number of nitrogens with two attached hydrogens (primary N) is 1. The summed E-state index contributed by atoms with van der Waals surface area (Å²) in [5.41, 5.74) is 6.77. The van der Waals surface area contributed by atoms with Crippen LogP contribution in [0.25, 0.3) is 0 Å². The van der Waals surface area contributed by atoms with Crippen LogP contribution in [0.3, 0.4) is 0 Å². The maximum Gasteiger partial charge on any atom is 0.0958 e. The van der Waals surface area contributed by atoms with E-state index in [9.17, 15) is 0 Å². The number of nitrogens with zero attached hydrogens (tertiary/aromatic N) is 1. The molecule has 1 aromatic heterocycles. The van der Waals surface area contributed by atoms with E-state index >= 15 is 0 Å². The van der Waals surface area contributed by atoms with Crippen LogP contribution in [0.2, 0.25) is 0 Å². The average molecular weight is 228 g/mol. The van der Waals surface area contributed by atoms with Crippen LogP contribution in [0.15, 0.2) is 0 Å². The lowest BCUT2D eigenvalue weighted by Crippen LogP contribution is -2.28. The van der Waals surface area contributed by atoms with Gasteiger partial charge in [-0.15, -0.1) is 11.3 Å². The van der Waals surface area contributed by atoms with Gasteiger partial charge in [0.25, 0.3) is 0 Å². The van der Waals surface area contributed by atoms with Crippen molar-refractivity contribution in [3.05, 3.63) is 15.6 Å². The second kappa shape index (κ2) is 4.60. The van der Waals surface area contributed by atoms with Gasteiger partial charge in [-0.25, -0.2) is 4.98 Å². The molecule has 0 saturated heterocycles. The van der Waals surface area contributed by atoms with Crippen molar-refractivity contribution >= 4 is 11.3 Å². The highest BCUT2D eigenvalue weighted by Crippen LogP contribution is 2.31. The molecule has 0 saturated carbocycles. The van der Waals surface area contributed by atoms with E-state index in [0.29, 0.717) is 12.5 Å². The van der Waals surface area contributed by atoms with Crippen molar-refractivity contribution in [2.45, 2.75) is 45.8 Å². The summed E-state index contributed by atoms with van der Waals surface area (Å²) in [6.45, 7) is 8.83. The van der Waals surface area contributed by atoms with Crippen LogP contribution < -0.4 is 5.73 Å². The Morgan fingerprint density at radius 1 is 1.47 bits per heavy atom. The van der Waals surface area contributed by atoms with E-state index < -0.39 is 0 Å². The first kappa shape index (κ1) is 12.6. The fraction of sp³-hybridized carbons (Fsp3) is 0.727. The highest BCUT2D eigenvalue weighted by atomic mass is 32.1. The Hall–Kier alpha value is -0.450. The molecule has 0 aliphatic rings. The Labute approximate surface area is 95.7 Å². The maximum atomic E-state index is 6.12. The first-order chi connectivity index (χ1) is 6.86. The molecule has 0 aromatic carbocycles. The van der Waals surface area contributed by atoms with Crippen molar-refractivity contribution in [2.75, 3.05) is 7.11 Å². The minimum atomic E-state index is -0.335. The molecule has 3 nitrogen and oxygen atoms in total. The fourth-order valence-electron chi connectivity index (χ4n) is 1.35. The summed E-state index contributed by atoms with van der Waals surface area (Å²) in [6.07, 6.45) is 0. The lowest BCUT2D eigenvalue weighted by molar-refractivity contribution is 0.180. The third kappa shape index (κ3) is 3.00. The van der Waals surface area contributed by atoms with Crippen LogP contribution in [-0.2, 0) is 16.9 Å². The van der Waals surface area contributed by atoms with E-state index in [1.54, 1.807) is 18.4 Å². The van der Waals surface area contributed by atoms with Crippen LogP contribution in [-0.4, -0.2) is 12.1 Å². The normalized spacial score (nSPS) is 12.5. The largest absolute Gasteiger partial charge is 0.378 e. The predicted octanol–water partition coefficient (Wildman–Crippen LogP) is 2.61. The van der Waals surface area contributed by atoms with Gasteiger partial charge in [-0.3, -0.25) is 0 Å². The van der Waals surface area contributed by atoms with E-state index in [1.165, 1.54) is 0 Å². The van der Waals surface area contributed by atoms with Gasteiger partial charge < -0.3 is 10.5 Å². The summed E-state index contributed by atoms with van der Waals surface area (Å²) < 4.78 is 5.15. The molecular weight excluding hydrogens is 208 g/mol. The topological polar surface area (TPSA) is 48.1 Å². The Balaban J connectivity index is 3.12. The molecule has 86 valence electrons. The number of methoxy groups -OCH3 is 1. The second-order valence-corrected chi connectivity index (χ2v) is 5.67. The molecule has 0 fully saturated rings. The quantitative estimate of drug-likeness (QED) is 0.861. The zero-order valence-corrected chi connectivity index (χ0v) is 10.9. The number of hydrogen-bond acceptors (Lipinski definition) is 4. The second-order valence-electron chi connectivity index (χ2n) is 4.64. The zero-order valence-electron chi connectivity index (χ0n) is 10.1. The summed E-state index contributed by atoms with van der Waals surface area (Å²) >= 11 is 1.70. The van der Waals surface area contributed by atoms with Crippen LogP contribution in [0, 0.1) is 0 Å².